The van der Waals surface area contributed by atoms with Crippen molar-refractivity contribution in [3.8, 4) is 39.3 Å². The molecule has 44 heavy (non-hydrogen) atoms. The van der Waals surface area contributed by atoms with Crippen LogP contribution in [0, 0.1) is 0 Å². The summed E-state index contributed by atoms with van der Waals surface area (Å²) in [5, 5.41) is 7.90. The Balaban J connectivity index is 1.18. The lowest BCUT2D eigenvalue weighted by atomic mass is 9.80. The number of nitrogens with zero attached hydrogens (tertiary/aromatic N) is 2. The van der Waals surface area contributed by atoms with Gasteiger partial charge >= 0.3 is 0 Å². The van der Waals surface area contributed by atoms with Gasteiger partial charge in [-0.25, -0.2) is 4.98 Å². The number of benzene rings is 7. The molecule has 0 saturated heterocycles. The Hall–Kier alpha value is -5.47. The Morgan fingerprint density at radius 2 is 1.02 bits per heavy atom. The molecular formula is C42H30N2. The highest BCUT2D eigenvalue weighted by atomic mass is 15.1. The summed E-state index contributed by atoms with van der Waals surface area (Å²) in [5.41, 5.74) is 9.91. The zero-order chi connectivity index (χ0) is 29.4. The maximum Gasteiger partial charge on any atom is 0.144 e. The average Bonchev–Trinajstić information content (AvgIpc) is 3.66. The molecular weight excluding hydrogens is 532 g/mol. The summed E-state index contributed by atoms with van der Waals surface area (Å²) in [4.78, 5) is 4.84. The van der Waals surface area contributed by atoms with Gasteiger partial charge in [0, 0.05) is 29.1 Å². The van der Waals surface area contributed by atoms with Crippen LogP contribution in [0.2, 0.25) is 0 Å². The van der Waals surface area contributed by atoms with E-state index in [1.807, 2.05) is 6.20 Å². The van der Waals surface area contributed by atoms with Crippen LogP contribution in [0.5, 0.6) is 0 Å². The first-order valence-electron chi connectivity index (χ1n) is 15.3. The molecule has 7 aromatic carbocycles. The van der Waals surface area contributed by atoms with Crippen molar-refractivity contribution >= 4 is 32.3 Å². The van der Waals surface area contributed by atoms with Crippen LogP contribution in [0.1, 0.15) is 25.0 Å². The first kappa shape index (κ1) is 25.1. The van der Waals surface area contributed by atoms with E-state index in [2.05, 4.69) is 158 Å². The Kier molecular flexibility index (Phi) is 5.28. The number of rotatable bonds is 3. The highest BCUT2D eigenvalue weighted by Crippen LogP contribution is 2.52. The molecule has 208 valence electrons. The first-order chi connectivity index (χ1) is 21.6. The fourth-order valence-corrected chi connectivity index (χ4v) is 7.44. The Bertz CT molecular complexity index is 2390. The van der Waals surface area contributed by atoms with E-state index < -0.39 is 0 Å². The van der Waals surface area contributed by atoms with Crippen molar-refractivity contribution in [2.24, 2.45) is 0 Å². The van der Waals surface area contributed by atoms with Gasteiger partial charge in [-0.15, -0.1) is 0 Å². The Labute approximate surface area is 256 Å². The van der Waals surface area contributed by atoms with E-state index >= 15 is 0 Å². The van der Waals surface area contributed by atoms with E-state index in [4.69, 9.17) is 4.98 Å². The Morgan fingerprint density at radius 1 is 0.477 bits per heavy atom. The minimum atomic E-state index is -0.142. The first-order valence-corrected chi connectivity index (χ1v) is 15.3. The van der Waals surface area contributed by atoms with Crippen LogP contribution in [0.15, 0.2) is 146 Å². The second-order valence-corrected chi connectivity index (χ2v) is 12.5. The topological polar surface area (TPSA) is 17.8 Å². The van der Waals surface area contributed by atoms with Crippen molar-refractivity contribution in [3.63, 3.8) is 0 Å². The van der Waals surface area contributed by atoms with Crippen molar-refractivity contribution in [2.45, 2.75) is 19.3 Å². The fraction of sp³-hybridized carbons (Fsp3) is 0.0714. The van der Waals surface area contributed by atoms with Gasteiger partial charge in [-0.1, -0.05) is 117 Å². The van der Waals surface area contributed by atoms with Crippen LogP contribution in [0.25, 0.3) is 71.6 Å². The highest BCUT2D eigenvalue weighted by Gasteiger charge is 2.36. The Morgan fingerprint density at radius 3 is 1.70 bits per heavy atom. The van der Waals surface area contributed by atoms with E-state index in [-0.39, 0.29) is 5.41 Å². The van der Waals surface area contributed by atoms with Gasteiger partial charge in [-0.2, -0.15) is 0 Å². The van der Waals surface area contributed by atoms with Gasteiger partial charge in [0.25, 0.3) is 0 Å². The third-order valence-electron chi connectivity index (χ3n) is 9.69. The van der Waals surface area contributed by atoms with E-state index in [1.54, 1.807) is 0 Å². The molecule has 1 aliphatic carbocycles. The average molecular weight is 563 g/mol. The van der Waals surface area contributed by atoms with Gasteiger partial charge in [-0.05, 0) is 96.0 Å². The molecule has 0 saturated carbocycles. The largest absolute Gasteiger partial charge is 0.300 e. The second-order valence-electron chi connectivity index (χ2n) is 12.5. The molecule has 0 bridgehead atoms. The lowest BCUT2D eigenvalue weighted by Gasteiger charge is -2.23. The van der Waals surface area contributed by atoms with Gasteiger partial charge in [0.05, 0.1) is 0 Å². The molecule has 9 rings (SSSR count). The van der Waals surface area contributed by atoms with Crippen molar-refractivity contribution < 1.29 is 0 Å². The molecule has 1 aliphatic rings. The zero-order valence-corrected chi connectivity index (χ0v) is 24.8. The number of aromatic nitrogens is 2. The van der Waals surface area contributed by atoms with Crippen molar-refractivity contribution in [2.75, 3.05) is 0 Å². The minimum Gasteiger partial charge on any atom is -0.300 e. The van der Waals surface area contributed by atoms with Gasteiger partial charge in [0.15, 0.2) is 0 Å². The molecule has 2 nitrogen and oxygen atoms in total. The monoisotopic (exact) mass is 562 g/mol. The van der Waals surface area contributed by atoms with E-state index in [0.29, 0.717) is 0 Å². The fourth-order valence-electron chi connectivity index (χ4n) is 7.44. The van der Waals surface area contributed by atoms with Crippen molar-refractivity contribution in [1.29, 1.82) is 0 Å². The quantitative estimate of drug-likeness (QED) is 0.196. The smallest absolute Gasteiger partial charge is 0.144 e. The standard InChI is InChI=1S/C42H30N2/c1-42(2)39-24-29(41-43-22-23-44(41)30-19-16-28(17-20-30)27-10-4-3-5-11-27)18-21-35(39)38-25-36-33-14-8-6-12-31(33)32-13-7-9-15-34(32)37(36)26-40(38)42/h3-26H,1-2H3. The molecule has 8 aromatic rings. The SMILES string of the molecule is CC1(C)c2cc(-c3nccn3-c3ccc(-c4ccccc4)cc3)ccc2-c2cc3c4ccccc4c4ccccc4c3cc21. The summed E-state index contributed by atoms with van der Waals surface area (Å²) in [6.07, 6.45) is 3.96. The molecule has 0 amide bonds. The van der Waals surface area contributed by atoms with Crippen molar-refractivity contribution in [3.05, 3.63) is 157 Å². The number of hydrogen-bond acceptors (Lipinski definition) is 1. The van der Waals surface area contributed by atoms with Gasteiger partial charge in [0.1, 0.15) is 5.82 Å². The molecule has 0 spiro atoms. The summed E-state index contributed by atoms with van der Waals surface area (Å²) in [6, 6.07) is 48.8. The van der Waals surface area contributed by atoms with Gasteiger partial charge < -0.3 is 0 Å². The third-order valence-corrected chi connectivity index (χ3v) is 9.69. The molecule has 1 heterocycles. The molecule has 0 N–H and O–H groups in total. The molecule has 2 heteroatoms. The summed E-state index contributed by atoms with van der Waals surface area (Å²) in [7, 11) is 0. The normalized spacial score (nSPS) is 13.4. The molecule has 0 unspecified atom stereocenters. The van der Waals surface area contributed by atoms with Crippen LogP contribution in [-0.4, -0.2) is 9.55 Å². The van der Waals surface area contributed by atoms with Crippen LogP contribution in [0.4, 0.5) is 0 Å². The number of hydrogen-bond donors (Lipinski definition) is 0. The van der Waals surface area contributed by atoms with Gasteiger partial charge in [0.2, 0.25) is 0 Å². The van der Waals surface area contributed by atoms with Crippen molar-refractivity contribution in [1.82, 2.24) is 9.55 Å². The van der Waals surface area contributed by atoms with Crippen LogP contribution < -0.4 is 0 Å². The molecule has 0 aliphatic heterocycles. The summed E-state index contributed by atoms with van der Waals surface area (Å²) >= 11 is 0. The second kappa shape index (κ2) is 9.26. The predicted molar refractivity (Wildman–Crippen MR) is 185 cm³/mol. The van der Waals surface area contributed by atoms with E-state index in [1.165, 1.54) is 65.7 Å². The molecule has 1 aromatic heterocycles. The maximum atomic E-state index is 4.84. The molecule has 0 fully saturated rings. The predicted octanol–water partition coefficient (Wildman–Crippen LogP) is 11.0. The maximum absolute atomic E-state index is 4.84. The lowest BCUT2D eigenvalue weighted by molar-refractivity contribution is 0.661. The lowest BCUT2D eigenvalue weighted by Crippen LogP contribution is -2.15. The zero-order valence-electron chi connectivity index (χ0n) is 24.8. The van der Waals surface area contributed by atoms with Crippen LogP contribution >= 0.6 is 0 Å². The highest BCUT2D eigenvalue weighted by molar-refractivity contribution is 6.26. The minimum absolute atomic E-state index is 0.142. The van der Waals surface area contributed by atoms with Crippen LogP contribution in [-0.2, 0) is 5.41 Å². The molecule has 0 atom stereocenters. The summed E-state index contributed by atoms with van der Waals surface area (Å²) in [5.74, 6) is 0.953. The summed E-state index contributed by atoms with van der Waals surface area (Å²) in [6.45, 7) is 4.73. The summed E-state index contributed by atoms with van der Waals surface area (Å²) < 4.78 is 2.19. The number of fused-ring (bicyclic) bond motifs is 9. The van der Waals surface area contributed by atoms with E-state index in [9.17, 15) is 0 Å². The van der Waals surface area contributed by atoms with Crippen LogP contribution in [0.3, 0.4) is 0 Å². The van der Waals surface area contributed by atoms with Gasteiger partial charge in [-0.3, -0.25) is 4.57 Å². The number of imidazole rings is 1. The van der Waals surface area contributed by atoms with E-state index in [0.717, 1.165) is 17.1 Å². The third kappa shape index (κ3) is 3.58. The molecule has 0 radical (unpaired) electrons.